The van der Waals surface area contributed by atoms with Crippen LogP contribution in [0.1, 0.15) is 54.8 Å². The molecule has 2 heteroatoms. The number of hydrogen-bond acceptors (Lipinski definition) is 2. The summed E-state index contributed by atoms with van der Waals surface area (Å²) in [7, 11) is 0. The molecule has 0 amide bonds. The van der Waals surface area contributed by atoms with Crippen molar-refractivity contribution in [1.29, 1.82) is 0 Å². The second kappa shape index (κ2) is 5.83. The fraction of sp³-hybridized carbons (Fsp3) is 0.714. The van der Waals surface area contributed by atoms with E-state index in [2.05, 4.69) is 31.3 Å². The molecule has 1 saturated carbocycles. The molecule has 0 saturated heterocycles. The third kappa shape index (κ3) is 2.86. The summed E-state index contributed by atoms with van der Waals surface area (Å²) in [5.74, 6) is 0.867. The maximum absolute atomic E-state index is 3.69. The van der Waals surface area contributed by atoms with Crippen LogP contribution in [-0.2, 0) is 0 Å². The van der Waals surface area contributed by atoms with Gasteiger partial charge in [0.05, 0.1) is 0 Å². The first-order valence-corrected chi connectivity index (χ1v) is 7.42. The van der Waals surface area contributed by atoms with E-state index in [1.54, 1.807) is 4.88 Å². The molecule has 1 unspecified atom stereocenters. The SMILES string of the molecule is CCNC(c1ccc(C)s1)C1CCCCC1. The minimum atomic E-state index is 0.615. The maximum atomic E-state index is 3.69. The van der Waals surface area contributed by atoms with Gasteiger partial charge in [0.15, 0.2) is 0 Å². The zero-order valence-electron chi connectivity index (χ0n) is 10.5. The van der Waals surface area contributed by atoms with E-state index in [9.17, 15) is 0 Å². The zero-order chi connectivity index (χ0) is 11.4. The predicted molar refractivity (Wildman–Crippen MR) is 72.0 cm³/mol. The largest absolute Gasteiger partial charge is 0.309 e. The van der Waals surface area contributed by atoms with Crippen molar-refractivity contribution < 1.29 is 0 Å². The van der Waals surface area contributed by atoms with Crippen LogP contribution in [-0.4, -0.2) is 6.54 Å². The lowest BCUT2D eigenvalue weighted by molar-refractivity contribution is 0.277. The molecule has 1 aromatic rings. The Labute approximate surface area is 103 Å². The molecule has 16 heavy (non-hydrogen) atoms. The van der Waals surface area contributed by atoms with Gasteiger partial charge in [-0.3, -0.25) is 0 Å². The molecule has 0 radical (unpaired) electrons. The van der Waals surface area contributed by atoms with Crippen molar-refractivity contribution in [2.45, 2.75) is 52.0 Å². The molecule has 1 N–H and O–H groups in total. The van der Waals surface area contributed by atoms with Crippen LogP contribution in [0.15, 0.2) is 12.1 Å². The molecule has 0 bridgehead atoms. The van der Waals surface area contributed by atoms with Gasteiger partial charge in [0, 0.05) is 15.8 Å². The zero-order valence-corrected chi connectivity index (χ0v) is 11.3. The lowest BCUT2D eigenvalue weighted by Crippen LogP contribution is -2.28. The average molecular weight is 237 g/mol. The van der Waals surface area contributed by atoms with Gasteiger partial charge in [0.2, 0.25) is 0 Å². The fourth-order valence-electron chi connectivity index (χ4n) is 2.81. The van der Waals surface area contributed by atoms with E-state index in [-0.39, 0.29) is 0 Å². The van der Waals surface area contributed by atoms with Crippen molar-refractivity contribution in [3.05, 3.63) is 21.9 Å². The van der Waals surface area contributed by atoms with E-state index in [0.717, 1.165) is 12.5 Å². The van der Waals surface area contributed by atoms with Gasteiger partial charge in [-0.2, -0.15) is 0 Å². The number of aryl methyl sites for hydroxylation is 1. The normalized spacial score (nSPS) is 19.9. The molecule has 1 atom stereocenters. The molecule has 1 nitrogen and oxygen atoms in total. The van der Waals surface area contributed by atoms with Gasteiger partial charge in [-0.05, 0) is 44.4 Å². The van der Waals surface area contributed by atoms with E-state index in [1.165, 1.54) is 37.0 Å². The van der Waals surface area contributed by atoms with Gasteiger partial charge in [0.1, 0.15) is 0 Å². The Balaban J connectivity index is 2.09. The summed E-state index contributed by atoms with van der Waals surface area (Å²) in [4.78, 5) is 2.99. The topological polar surface area (TPSA) is 12.0 Å². The van der Waals surface area contributed by atoms with Gasteiger partial charge in [-0.15, -0.1) is 11.3 Å². The van der Waals surface area contributed by atoms with Gasteiger partial charge in [-0.25, -0.2) is 0 Å². The van der Waals surface area contributed by atoms with E-state index in [4.69, 9.17) is 0 Å². The summed E-state index contributed by atoms with van der Waals surface area (Å²) in [6.45, 7) is 5.51. The van der Waals surface area contributed by atoms with Crippen molar-refractivity contribution in [2.24, 2.45) is 5.92 Å². The quantitative estimate of drug-likeness (QED) is 0.824. The highest BCUT2D eigenvalue weighted by Gasteiger charge is 2.25. The second-order valence-corrected chi connectivity index (χ2v) is 6.20. The first-order chi connectivity index (χ1) is 7.81. The Kier molecular flexibility index (Phi) is 4.42. The predicted octanol–water partition coefficient (Wildman–Crippen LogP) is 4.29. The fourth-order valence-corrected chi connectivity index (χ4v) is 3.85. The lowest BCUT2D eigenvalue weighted by atomic mass is 9.83. The molecule has 90 valence electrons. The molecule has 1 aromatic heterocycles. The highest BCUT2D eigenvalue weighted by molar-refractivity contribution is 7.12. The van der Waals surface area contributed by atoms with Gasteiger partial charge in [0.25, 0.3) is 0 Å². The minimum absolute atomic E-state index is 0.615. The Morgan fingerprint density at radius 2 is 2.06 bits per heavy atom. The molecular formula is C14H23NS. The van der Waals surface area contributed by atoms with Crippen molar-refractivity contribution in [3.63, 3.8) is 0 Å². The molecule has 1 aliphatic rings. The van der Waals surface area contributed by atoms with Gasteiger partial charge >= 0.3 is 0 Å². The van der Waals surface area contributed by atoms with E-state index < -0.39 is 0 Å². The van der Waals surface area contributed by atoms with Crippen LogP contribution in [0.4, 0.5) is 0 Å². The highest BCUT2D eigenvalue weighted by atomic mass is 32.1. The lowest BCUT2D eigenvalue weighted by Gasteiger charge is -2.30. The minimum Gasteiger partial charge on any atom is -0.309 e. The van der Waals surface area contributed by atoms with Crippen molar-refractivity contribution in [3.8, 4) is 0 Å². The number of nitrogens with one attached hydrogen (secondary N) is 1. The van der Waals surface area contributed by atoms with E-state index >= 15 is 0 Å². The third-order valence-corrected chi connectivity index (χ3v) is 4.70. The summed E-state index contributed by atoms with van der Waals surface area (Å²) < 4.78 is 0. The Morgan fingerprint density at radius 1 is 1.31 bits per heavy atom. The third-order valence-electron chi connectivity index (χ3n) is 3.61. The average Bonchev–Trinajstić information content (AvgIpc) is 2.74. The molecule has 0 aliphatic heterocycles. The van der Waals surface area contributed by atoms with Crippen LogP contribution < -0.4 is 5.32 Å². The second-order valence-electron chi connectivity index (χ2n) is 4.88. The summed E-state index contributed by atoms with van der Waals surface area (Å²) in [5.41, 5.74) is 0. The summed E-state index contributed by atoms with van der Waals surface area (Å²) in [6, 6.07) is 5.19. The van der Waals surface area contributed by atoms with Crippen LogP contribution in [0, 0.1) is 12.8 Å². The molecule has 0 spiro atoms. The summed E-state index contributed by atoms with van der Waals surface area (Å²) in [6.07, 6.45) is 7.12. The monoisotopic (exact) mass is 237 g/mol. The molecule has 1 fully saturated rings. The van der Waals surface area contributed by atoms with Crippen molar-refractivity contribution >= 4 is 11.3 Å². The van der Waals surface area contributed by atoms with Gasteiger partial charge in [-0.1, -0.05) is 26.2 Å². The number of thiophene rings is 1. The van der Waals surface area contributed by atoms with Crippen LogP contribution in [0.3, 0.4) is 0 Å². The molecular weight excluding hydrogens is 214 g/mol. The maximum Gasteiger partial charge on any atom is 0.0443 e. The molecule has 1 aliphatic carbocycles. The molecule has 0 aromatic carbocycles. The Morgan fingerprint density at radius 3 is 2.62 bits per heavy atom. The first-order valence-electron chi connectivity index (χ1n) is 6.61. The summed E-state index contributed by atoms with van der Waals surface area (Å²) >= 11 is 1.97. The molecule has 2 rings (SSSR count). The Bertz CT molecular complexity index is 312. The van der Waals surface area contributed by atoms with Crippen LogP contribution >= 0.6 is 11.3 Å². The van der Waals surface area contributed by atoms with Crippen molar-refractivity contribution in [2.75, 3.05) is 6.54 Å². The van der Waals surface area contributed by atoms with E-state index in [0.29, 0.717) is 6.04 Å². The van der Waals surface area contributed by atoms with Gasteiger partial charge < -0.3 is 5.32 Å². The van der Waals surface area contributed by atoms with Crippen LogP contribution in [0.5, 0.6) is 0 Å². The van der Waals surface area contributed by atoms with Crippen LogP contribution in [0.2, 0.25) is 0 Å². The van der Waals surface area contributed by atoms with Crippen LogP contribution in [0.25, 0.3) is 0 Å². The first kappa shape index (κ1) is 12.1. The number of rotatable bonds is 4. The standard InChI is InChI=1S/C14H23NS/c1-3-15-14(12-7-5-4-6-8-12)13-10-9-11(2)16-13/h9-10,12,14-15H,3-8H2,1-2H3. The Hall–Kier alpha value is -0.340. The number of hydrogen-bond donors (Lipinski definition) is 1. The molecule has 1 heterocycles. The highest BCUT2D eigenvalue weighted by Crippen LogP contribution is 2.36. The summed E-state index contributed by atoms with van der Waals surface area (Å²) in [5, 5.41) is 3.69. The van der Waals surface area contributed by atoms with E-state index in [1.807, 2.05) is 11.3 Å². The smallest absolute Gasteiger partial charge is 0.0443 e. The van der Waals surface area contributed by atoms with Crippen molar-refractivity contribution in [1.82, 2.24) is 5.32 Å².